The van der Waals surface area contributed by atoms with Crippen LogP contribution in [0.4, 0.5) is 5.69 Å². The number of alkyl halides is 1. The highest BCUT2D eigenvalue weighted by atomic mass is 79.9. The van der Waals surface area contributed by atoms with E-state index in [1.54, 1.807) is 24.3 Å². The molecule has 0 aliphatic heterocycles. The van der Waals surface area contributed by atoms with Crippen LogP contribution in [0.5, 0.6) is 5.75 Å². The largest absolute Gasteiger partial charge is 0.427 e. The minimum Gasteiger partial charge on any atom is -0.427 e. The molecule has 0 aromatic heterocycles. The van der Waals surface area contributed by atoms with E-state index in [2.05, 4.69) is 15.9 Å². The van der Waals surface area contributed by atoms with Crippen molar-refractivity contribution in [3.05, 3.63) is 69.8 Å². The molecule has 0 spiro atoms. The topological polar surface area (TPSA) is 86.5 Å². The Morgan fingerprint density at radius 2 is 1.67 bits per heavy atom. The Labute approximate surface area is 146 Å². The Hall–Kier alpha value is -2.54. The minimum absolute atomic E-state index is 0.000805. The molecule has 2 aromatic rings. The second-order valence-electron chi connectivity index (χ2n) is 4.98. The molecule has 0 heterocycles. The summed E-state index contributed by atoms with van der Waals surface area (Å²) >= 11 is 3.12. The summed E-state index contributed by atoms with van der Waals surface area (Å²) in [4.78, 5) is 33.3. The lowest BCUT2D eigenvalue weighted by Gasteiger charge is -2.05. The number of hydrogen-bond acceptors (Lipinski definition) is 5. The van der Waals surface area contributed by atoms with Gasteiger partial charge in [0.1, 0.15) is 5.75 Å². The van der Waals surface area contributed by atoms with Gasteiger partial charge in [-0.2, -0.15) is 0 Å². The Kier molecular flexibility index (Phi) is 6.20. The van der Waals surface area contributed by atoms with E-state index in [9.17, 15) is 19.7 Å². The summed E-state index contributed by atoms with van der Waals surface area (Å²) < 4.78 is 5.13. The highest BCUT2D eigenvalue weighted by Gasteiger charge is 2.09. The molecule has 0 atom stereocenters. The molecule has 0 fully saturated rings. The van der Waals surface area contributed by atoms with Crippen LogP contribution in [0.25, 0.3) is 0 Å². The van der Waals surface area contributed by atoms with E-state index < -0.39 is 10.9 Å². The fraction of sp³-hybridized carbons (Fsp3) is 0.176. The number of halogens is 1. The molecule has 0 bridgehead atoms. The second kappa shape index (κ2) is 8.35. The first-order valence-electron chi connectivity index (χ1n) is 7.13. The average Bonchev–Trinajstić information content (AvgIpc) is 2.60. The van der Waals surface area contributed by atoms with Crippen molar-refractivity contribution in [1.82, 2.24) is 0 Å². The van der Waals surface area contributed by atoms with Gasteiger partial charge in [-0.1, -0.05) is 40.2 Å². The van der Waals surface area contributed by atoms with Crippen LogP contribution in [0, 0.1) is 10.1 Å². The number of rotatable bonds is 7. The van der Waals surface area contributed by atoms with Crippen molar-refractivity contribution in [3.8, 4) is 5.75 Å². The fourth-order valence-electron chi connectivity index (χ4n) is 2.00. The molecule has 0 saturated carbocycles. The van der Waals surface area contributed by atoms with Crippen molar-refractivity contribution in [2.75, 3.05) is 5.33 Å². The smallest absolute Gasteiger partial charge is 0.311 e. The summed E-state index contributed by atoms with van der Waals surface area (Å²) in [6, 6.07) is 12.4. The molecule has 7 heteroatoms. The number of carbonyl (C=O) groups is 2. The number of benzene rings is 2. The molecule has 0 radical (unpaired) electrons. The van der Waals surface area contributed by atoms with Gasteiger partial charge < -0.3 is 4.74 Å². The van der Waals surface area contributed by atoms with Gasteiger partial charge in [0.05, 0.1) is 10.3 Å². The molecular weight excluding hydrogens is 378 g/mol. The van der Waals surface area contributed by atoms with Crippen LogP contribution >= 0.6 is 15.9 Å². The normalized spacial score (nSPS) is 10.2. The molecule has 24 heavy (non-hydrogen) atoms. The number of ether oxygens (including phenoxy) is 1. The third-order valence-corrected chi connectivity index (χ3v) is 3.80. The van der Waals surface area contributed by atoms with E-state index in [1.807, 2.05) is 0 Å². The zero-order valence-electron chi connectivity index (χ0n) is 12.6. The van der Waals surface area contributed by atoms with E-state index in [0.717, 1.165) is 5.56 Å². The Morgan fingerprint density at radius 1 is 1.04 bits per heavy atom. The minimum atomic E-state index is -0.518. The lowest BCUT2D eigenvalue weighted by molar-refractivity contribution is -0.384. The lowest BCUT2D eigenvalue weighted by Crippen LogP contribution is -2.09. The number of esters is 1. The number of nitrogens with zero attached hydrogens (tertiary/aromatic N) is 1. The fourth-order valence-corrected chi connectivity index (χ4v) is 2.32. The van der Waals surface area contributed by atoms with Gasteiger partial charge in [-0.25, -0.2) is 0 Å². The third kappa shape index (κ3) is 4.99. The van der Waals surface area contributed by atoms with E-state index in [4.69, 9.17) is 4.74 Å². The van der Waals surface area contributed by atoms with Crippen molar-refractivity contribution in [3.63, 3.8) is 0 Å². The molecule has 0 saturated heterocycles. The first-order chi connectivity index (χ1) is 11.5. The number of hydrogen-bond donors (Lipinski definition) is 0. The van der Waals surface area contributed by atoms with Crippen molar-refractivity contribution in [2.24, 2.45) is 0 Å². The molecule has 0 N–H and O–H groups in total. The Bertz CT molecular complexity index is 741. The van der Waals surface area contributed by atoms with Gasteiger partial charge >= 0.3 is 5.97 Å². The molecule has 124 valence electrons. The maximum atomic E-state index is 11.8. The summed E-state index contributed by atoms with van der Waals surface area (Å²) in [5, 5.41) is 10.8. The first-order valence-corrected chi connectivity index (χ1v) is 8.25. The van der Waals surface area contributed by atoms with Gasteiger partial charge in [0, 0.05) is 24.1 Å². The number of nitro benzene ring substituents is 1. The molecule has 0 aliphatic rings. The average molecular weight is 392 g/mol. The molecule has 2 aromatic carbocycles. The van der Waals surface area contributed by atoms with Crippen molar-refractivity contribution < 1.29 is 19.2 Å². The van der Waals surface area contributed by atoms with Gasteiger partial charge in [0.25, 0.3) is 5.69 Å². The maximum absolute atomic E-state index is 11.8. The second-order valence-corrected chi connectivity index (χ2v) is 5.54. The summed E-state index contributed by atoms with van der Waals surface area (Å²) in [7, 11) is 0. The van der Waals surface area contributed by atoms with Gasteiger partial charge in [0.15, 0.2) is 5.78 Å². The van der Waals surface area contributed by atoms with Crippen molar-refractivity contribution in [1.29, 1.82) is 0 Å². The molecular formula is C17H14BrNO5. The molecule has 0 aliphatic carbocycles. The standard InChI is InChI=1S/C17H14BrNO5/c18-11-16(20)13-4-1-12(2-5-13)3-10-17(21)24-15-8-6-14(7-9-15)19(22)23/h1-2,4-9H,3,10-11H2. The summed E-state index contributed by atoms with van der Waals surface area (Å²) in [6.45, 7) is 0. The van der Waals surface area contributed by atoms with Crippen LogP contribution in [0.3, 0.4) is 0 Å². The Morgan fingerprint density at radius 3 is 2.21 bits per heavy atom. The summed E-state index contributed by atoms with van der Waals surface area (Å²) in [6.07, 6.45) is 0.650. The van der Waals surface area contributed by atoms with E-state index in [-0.39, 0.29) is 29.0 Å². The third-order valence-electron chi connectivity index (χ3n) is 3.29. The molecule has 0 unspecified atom stereocenters. The number of non-ortho nitro benzene ring substituents is 1. The van der Waals surface area contributed by atoms with Crippen molar-refractivity contribution >= 4 is 33.4 Å². The molecule has 2 rings (SSSR count). The van der Waals surface area contributed by atoms with Gasteiger partial charge in [-0.3, -0.25) is 19.7 Å². The van der Waals surface area contributed by atoms with Gasteiger partial charge in [-0.15, -0.1) is 0 Å². The quantitative estimate of drug-likeness (QED) is 0.179. The summed E-state index contributed by atoms with van der Waals surface area (Å²) in [5.41, 5.74) is 1.47. The zero-order chi connectivity index (χ0) is 17.5. The maximum Gasteiger partial charge on any atom is 0.311 e. The highest BCUT2D eigenvalue weighted by molar-refractivity contribution is 9.09. The predicted molar refractivity (Wildman–Crippen MR) is 91.6 cm³/mol. The number of aryl methyl sites for hydroxylation is 1. The predicted octanol–water partition coefficient (Wildman–Crippen LogP) is 3.71. The van der Waals surface area contributed by atoms with Gasteiger partial charge in [0.2, 0.25) is 0 Å². The first kappa shape index (κ1) is 17.8. The Balaban J connectivity index is 1.86. The van der Waals surface area contributed by atoms with Crippen LogP contribution in [0.15, 0.2) is 48.5 Å². The number of Topliss-reactive ketones (excluding diaryl/α,β-unsaturated/α-hetero) is 1. The van der Waals surface area contributed by atoms with Crippen molar-refractivity contribution in [2.45, 2.75) is 12.8 Å². The molecule has 0 amide bonds. The van der Waals surface area contributed by atoms with Gasteiger partial charge in [-0.05, 0) is 24.1 Å². The van der Waals surface area contributed by atoms with Crippen LogP contribution in [-0.4, -0.2) is 22.0 Å². The van der Waals surface area contributed by atoms with Crippen LogP contribution in [0.2, 0.25) is 0 Å². The molecule has 6 nitrogen and oxygen atoms in total. The van der Waals surface area contributed by atoms with E-state index >= 15 is 0 Å². The highest BCUT2D eigenvalue weighted by Crippen LogP contribution is 2.18. The number of ketones is 1. The van der Waals surface area contributed by atoms with Crippen LogP contribution in [0.1, 0.15) is 22.3 Å². The van der Waals surface area contributed by atoms with E-state index in [1.165, 1.54) is 24.3 Å². The SMILES string of the molecule is O=C(CCc1ccc(C(=O)CBr)cc1)Oc1ccc([N+](=O)[O-])cc1. The lowest BCUT2D eigenvalue weighted by atomic mass is 10.1. The number of carbonyl (C=O) groups excluding carboxylic acids is 2. The van der Waals surface area contributed by atoms with Crippen LogP contribution in [-0.2, 0) is 11.2 Å². The van der Waals surface area contributed by atoms with Crippen LogP contribution < -0.4 is 4.74 Å². The number of nitro groups is 1. The monoisotopic (exact) mass is 391 g/mol. The van der Waals surface area contributed by atoms with E-state index in [0.29, 0.717) is 12.0 Å². The summed E-state index contributed by atoms with van der Waals surface area (Å²) in [5.74, 6) is -0.160. The zero-order valence-corrected chi connectivity index (χ0v) is 14.2.